The van der Waals surface area contributed by atoms with E-state index in [-0.39, 0.29) is 5.92 Å². The van der Waals surface area contributed by atoms with Crippen LogP contribution in [0.3, 0.4) is 0 Å². The maximum atomic E-state index is 6.38. The molecule has 0 aliphatic rings. The zero-order chi connectivity index (χ0) is 14.8. The van der Waals surface area contributed by atoms with Crippen molar-refractivity contribution in [1.29, 1.82) is 0 Å². The van der Waals surface area contributed by atoms with Crippen LogP contribution in [-0.2, 0) is 0 Å². The number of benzene rings is 1. The van der Waals surface area contributed by atoms with Gasteiger partial charge in [0.25, 0.3) is 5.89 Å². The van der Waals surface area contributed by atoms with E-state index in [1.54, 1.807) is 0 Å². The van der Waals surface area contributed by atoms with Crippen LogP contribution in [0.2, 0.25) is 0 Å². The highest BCUT2D eigenvalue weighted by atomic mass is 35.5. The standard InChI is InChI=1S/C14H13ClN4OS/c1-8(2)11-12(21-19-16-11)14-18-17-13(20-14)10(15)9-6-4-3-5-7-9/h3-8,10H,1-2H3. The lowest BCUT2D eigenvalue weighted by Crippen LogP contribution is -1.92. The van der Waals surface area contributed by atoms with Crippen molar-refractivity contribution in [2.24, 2.45) is 0 Å². The molecule has 7 heteroatoms. The van der Waals surface area contributed by atoms with Crippen molar-refractivity contribution in [3.05, 3.63) is 47.5 Å². The largest absolute Gasteiger partial charge is 0.418 e. The second-order valence-corrected chi connectivity index (χ2v) is 6.05. The topological polar surface area (TPSA) is 64.7 Å². The summed E-state index contributed by atoms with van der Waals surface area (Å²) in [6.45, 7) is 4.09. The van der Waals surface area contributed by atoms with E-state index in [0.29, 0.717) is 11.8 Å². The SMILES string of the molecule is CC(C)c1nnsc1-c1nnc(C(Cl)c2ccccc2)o1. The van der Waals surface area contributed by atoms with Crippen LogP contribution in [0.5, 0.6) is 0 Å². The molecule has 0 radical (unpaired) electrons. The third-order valence-corrected chi connectivity index (χ3v) is 4.17. The van der Waals surface area contributed by atoms with E-state index < -0.39 is 5.38 Å². The van der Waals surface area contributed by atoms with Crippen LogP contribution in [0.25, 0.3) is 10.8 Å². The van der Waals surface area contributed by atoms with Crippen molar-refractivity contribution in [1.82, 2.24) is 19.8 Å². The van der Waals surface area contributed by atoms with Crippen molar-refractivity contribution in [2.75, 3.05) is 0 Å². The molecule has 0 bridgehead atoms. The second-order valence-electron chi connectivity index (χ2n) is 4.86. The third kappa shape index (κ3) is 2.82. The molecular weight excluding hydrogens is 308 g/mol. The molecule has 0 aliphatic carbocycles. The van der Waals surface area contributed by atoms with E-state index in [2.05, 4.69) is 19.8 Å². The molecule has 1 atom stereocenters. The summed E-state index contributed by atoms with van der Waals surface area (Å²) in [7, 11) is 0. The van der Waals surface area contributed by atoms with Gasteiger partial charge in [-0.25, -0.2) is 0 Å². The molecule has 3 rings (SSSR count). The Bertz CT molecular complexity index is 725. The Morgan fingerprint density at radius 2 is 1.86 bits per heavy atom. The minimum absolute atomic E-state index is 0.245. The maximum Gasteiger partial charge on any atom is 0.261 e. The van der Waals surface area contributed by atoms with Crippen LogP contribution in [-0.4, -0.2) is 19.8 Å². The molecule has 1 aromatic carbocycles. The molecule has 108 valence electrons. The first-order valence-electron chi connectivity index (χ1n) is 6.52. The van der Waals surface area contributed by atoms with Crippen molar-refractivity contribution in [3.8, 4) is 10.8 Å². The van der Waals surface area contributed by atoms with Gasteiger partial charge in [-0.2, -0.15) is 0 Å². The molecule has 1 unspecified atom stereocenters. The molecule has 0 saturated heterocycles. The van der Waals surface area contributed by atoms with Crippen molar-refractivity contribution < 1.29 is 4.42 Å². The average Bonchev–Trinajstić information content (AvgIpc) is 3.16. The van der Waals surface area contributed by atoms with Gasteiger partial charge in [-0.3, -0.25) is 0 Å². The highest BCUT2D eigenvalue weighted by Crippen LogP contribution is 2.33. The maximum absolute atomic E-state index is 6.38. The monoisotopic (exact) mass is 320 g/mol. The lowest BCUT2D eigenvalue weighted by Gasteiger charge is -2.04. The lowest BCUT2D eigenvalue weighted by molar-refractivity contribution is 0.513. The van der Waals surface area contributed by atoms with E-state index in [9.17, 15) is 0 Å². The van der Waals surface area contributed by atoms with E-state index >= 15 is 0 Å². The number of hydrogen-bond acceptors (Lipinski definition) is 6. The zero-order valence-electron chi connectivity index (χ0n) is 11.5. The Labute approximate surface area is 131 Å². The number of alkyl halides is 1. The lowest BCUT2D eigenvalue weighted by atomic mass is 10.1. The van der Waals surface area contributed by atoms with Crippen molar-refractivity contribution in [3.63, 3.8) is 0 Å². The van der Waals surface area contributed by atoms with Gasteiger partial charge >= 0.3 is 0 Å². The van der Waals surface area contributed by atoms with E-state index in [1.165, 1.54) is 11.5 Å². The predicted octanol–water partition coefficient (Wildman–Crippen LogP) is 4.04. The molecule has 2 heterocycles. The summed E-state index contributed by atoms with van der Waals surface area (Å²) >= 11 is 7.64. The summed E-state index contributed by atoms with van der Waals surface area (Å²) in [5.74, 6) is 1.04. The quantitative estimate of drug-likeness (QED) is 0.679. The summed E-state index contributed by atoms with van der Waals surface area (Å²) in [5, 5.41) is 11.8. The van der Waals surface area contributed by atoms with Gasteiger partial charge in [0.2, 0.25) is 5.89 Å². The molecule has 3 aromatic rings. The minimum Gasteiger partial charge on any atom is -0.418 e. The number of aromatic nitrogens is 4. The van der Waals surface area contributed by atoms with Crippen LogP contribution in [0.1, 0.15) is 42.3 Å². The van der Waals surface area contributed by atoms with E-state index in [1.807, 2.05) is 44.2 Å². The Hall–Kier alpha value is -1.79. The van der Waals surface area contributed by atoms with Crippen LogP contribution >= 0.6 is 23.1 Å². The molecule has 0 amide bonds. The molecule has 0 saturated carbocycles. The summed E-state index contributed by atoms with van der Waals surface area (Å²) in [5.41, 5.74) is 1.78. The van der Waals surface area contributed by atoms with Crippen LogP contribution in [0, 0.1) is 0 Å². The van der Waals surface area contributed by atoms with Crippen LogP contribution in [0.4, 0.5) is 0 Å². The smallest absolute Gasteiger partial charge is 0.261 e. The fourth-order valence-electron chi connectivity index (χ4n) is 1.92. The summed E-state index contributed by atoms with van der Waals surface area (Å²) in [6.07, 6.45) is 0. The summed E-state index contributed by atoms with van der Waals surface area (Å²) in [6, 6.07) is 9.63. The first kappa shape index (κ1) is 14.2. The number of nitrogens with zero attached hydrogens (tertiary/aromatic N) is 4. The Kier molecular flexibility index (Phi) is 3.98. The molecule has 2 aromatic heterocycles. The van der Waals surface area contributed by atoms with Gasteiger partial charge in [0.1, 0.15) is 10.3 Å². The Morgan fingerprint density at radius 3 is 2.57 bits per heavy atom. The summed E-state index contributed by atoms with van der Waals surface area (Å²) < 4.78 is 9.67. The van der Waals surface area contributed by atoms with Crippen LogP contribution in [0.15, 0.2) is 34.7 Å². The average molecular weight is 321 g/mol. The fraction of sp³-hybridized carbons (Fsp3) is 0.286. The predicted molar refractivity (Wildman–Crippen MR) is 81.4 cm³/mol. The van der Waals surface area contributed by atoms with Gasteiger partial charge in [0.05, 0.1) is 5.69 Å². The first-order valence-corrected chi connectivity index (χ1v) is 7.73. The molecule has 0 N–H and O–H groups in total. The number of halogens is 1. The highest BCUT2D eigenvalue weighted by Gasteiger charge is 2.22. The number of hydrogen-bond donors (Lipinski definition) is 0. The van der Waals surface area contributed by atoms with E-state index in [0.717, 1.165) is 16.1 Å². The van der Waals surface area contributed by atoms with Gasteiger partial charge < -0.3 is 4.42 Å². The fourth-order valence-corrected chi connectivity index (χ4v) is 2.89. The molecule has 0 spiro atoms. The molecule has 0 fully saturated rings. The second kappa shape index (κ2) is 5.91. The van der Waals surface area contributed by atoms with Gasteiger partial charge in [-0.15, -0.1) is 26.9 Å². The normalized spacial score (nSPS) is 12.8. The minimum atomic E-state index is -0.462. The van der Waals surface area contributed by atoms with Gasteiger partial charge in [0, 0.05) is 0 Å². The molecule has 5 nitrogen and oxygen atoms in total. The van der Waals surface area contributed by atoms with Gasteiger partial charge in [0.15, 0.2) is 0 Å². The number of rotatable bonds is 4. The first-order chi connectivity index (χ1) is 10.2. The Balaban J connectivity index is 1.92. The van der Waals surface area contributed by atoms with Gasteiger partial charge in [-0.1, -0.05) is 48.7 Å². The van der Waals surface area contributed by atoms with E-state index in [4.69, 9.17) is 16.0 Å². The van der Waals surface area contributed by atoms with Crippen molar-refractivity contribution >= 4 is 23.1 Å². The molecule has 0 aliphatic heterocycles. The highest BCUT2D eigenvalue weighted by molar-refractivity contribution is 7.09. The Morgan fingerprint density at radius 1 is 1.10 bits per heavy atom. The van der Waals surface area contributed by atoms with Crippen LogP contribution < -0.4 is 0 Å². The van der Waals surface area contributed by atoms with Gasteiger partial charge in [-0.05, 0) is 23.0 Å². The summed E-state index contributed by atoms with van der Waals surface area (Å²) in [4.78, 5) is 0.806. The third-order valence-electron chi connectivity index (χ3n) is 3.00. The molecule has 21 heavy (non-hydrogen) atoms. The zero-order valence-corrected chi connectivity index (χ0v) is 13.1. The van der Waals surface area contributed by atoms with Crippen molar-refractivity contribution in [2.45, 2.75) is 25.1 Å². The molecular formula is C14H13ClN4OS.